The molecule has 26 aromatic carbocycles. The van der Waals surface area contributed by atoms with Crippen LogP contribution < -0.4 is 38.9 Å². The highest BCUT2D eigenvalue weighted by atomic mass is 16.5. The van der Waals surface area contributed by atoms with Gasteiger partial charge in [-0.3, -0.25) is 0 Å². The minimum atomic E-state index is 0.805. The van der Waals surface area contributed by atoms with Crippen molar-refractivity contribution in [3.8, 4) is 56.4 Å². The lowest BCUT2D eigenvalue weighted by Gasteiger charge is -2.40. The number of anilines is 18. The van der Waals surface area contributed by atoms with E-state index in [4.69, 9.17) is 9.47 Å². The van der Waals surface area contributed by atoms with Crippen molar-refractivity contribution in [2.24, 2.45) is 0 Å². The van der Waals surface area contributed by atoms with Gasteiger partial charge in [0, 0.05) is 69.0 Å². The molecule has 0 saturated carbocycles. The zero-order valence-electron chi connectivity index (χ0n) is 79.6. The first-order chi connectivity index (χ1) is 72.4. The number of hydrogen-bond donors (Lipinski definition) is 0. The molecule has 0 radical (unpaired) electrons. The maximum absolute atomic E-state index is 6.69. The van der Waals surface area contributed by atoms with Crippen LogP contribution in [0.4, 0.5) is 102 Å². The van der Waals surface area contributed by atoms with Crippen molar-refractivity contribution in [2.75, 3.05) is 29.4 Å². The Balaban J connectivity index is 0.000000109. The van der Waals surface area contributed by atoms with Gasteiger partial charge in [-0.05, 0) is 318 Å². The topological polar surface area (TPSA) is 37.9 Å². The standard InChI is InChI=1S/2C48H32N2O.C42H28N2/c1-4-14-33(15-5-1)34-24-27-42-43(30-34)40-21-11-10-20-39(40)41-28-25-37(31-44(41)42)50-45-22-12-13-23-47(45)51-48-32-38(26-29-46(48)50)49(35-16-6-2-7-17-35)36-18-8-3-9-19-36;1-4-14-33(15-5-1)34-24-27-41-39-20-10-11-21-40(39)44-31-37(25-28-42(44)43(41)30-34)50-45-22-12-13-23-47(45)51-48-32-38(26-29-46(48)50)49(35-16-6-2-7-17-35)36-18-8-3-9-19-36;1-3-13-29(14-4-1)30-23-25-35-36-26-24-32(28-38(36)34-18-8-7-17-33(34)37(35)27-30)44-41-21-11-9-19-39(41)43(31-15-5-2-6-16-31)40-20-10-12-22-42(40)44/h2*1-32H;1-28H. The van der Waals surface area contributed by atoms with E-state index in [1.165, 1.54) is 130 Å². The fourth-order valence-electron chi connectivity index (χ4n) is 22.3. The molecule has 0 aromatic heterocycles. The van der Waals surface area contributed by atoms with Crippen LogP contribution in [0, 0.1) is 0 Å². The first-order valence-corrected chi connectivity index (χ1v) is 49.8. The monoisotopic (exact) mass is 1860 g/mol. The molecule has 0 unspecified atom stereocenters. The summed E-state index contributed by atoms with van der Waals surface area (Å²) >= 11 is 0. The van der Waals surface area contributed by atoms with E-state index in [1.807, 2.05) is 12.1 Å². The molecule has 0 aliphatic carbocycles. The van der Waals surface area contributed by atoms with Crippen LogP contribution >= 0.6 is 0 Å². The number of ether oxygens (including phenoxy) is 2. The Morgan fingerprint density at radius 1 is 0.116 bits per heavy atom. The second kappa shape index (κ2) is 36.6. The number of rotatable bonds is 13. The van der Waals surface area contributed by atoms with E-state index in [1.54, 1.807) is 0 Å². The van der Waals surface area contributed by atoms with Crippen molar-refractivity contribution in [1.29, 1.82) is 0 Å². The number of nitrogens with zero attached hydrogens (tertiary/aromatic N) is 6. The quantitative estimate of drug-likeness (QED) is 0.106. The predicted molar refractivity (Wildman–Crippen MR) is 615 cm³/mol. The lowest BCUT2D eigenvalue weighted by Crippen LogP contribution is -2.23. The first kappa shape index (κ1) is 85.6. The highest BCUT2D eigenvalue weighted by Gasteiger charge is 2.34. The molecule has 686 valence electrons. The maximum Gasteiger partial charge on any atom is 0.153 e. The lowest BCUT2D eigenvalue weighted by atomic mass is 9.91. The molecule has 8 nitrogen and oxygen atoms in total. The molecule has 0 atom stereocenters. The van der Waals surface area contributed by atoms with Crippen LogP contribution in [0.3, 0.4) is 0 Å². The van der Waals surface area contributed by atoms with E-state index in [9.17, 15) is 0 Å². The molecule has 0 N–H and O–H groups in total. The van der Waals surface area contributed by atoms with Crippen LogP contribution in [0.15, 0.2) is 558 Å². The van der Waals surface area contributed by atoms with Gasteiger partial charge >= 0.3 is 0 Å². The van der Waals surface area contributed by atoms with Crippen molar-refractivity contribution in [3.05, 3.63) is 558 Å². The largest absolute Gasteiger partial charge is 0.453 e. The zero-order chi connectivity index (χ0) is 96.5. The Morgan fingerprint density at radius 3 is 0.637 bits per heavy atom. The molecule has 3 heterocycles. The summed E-state index contributed by atoms with van der Waals surface area (Å²) in [4.78, 5) is 14.0. The van der Waals surface area contributed by atoms with Crippen molar-refractivity contribution in [1.82, 2.24) is 0 Å². The minimum Gasteiger partial charge on any atom is -0.453 e. The van der Waals surface area contributed by atoms with Gasteiger partial charge in [0.15, 0.2) is 23.0 Å². The van der Waals surface area contributed by atoms with E-state index in [0.29, 0.717) is 0 Å². The summed E-state index contributed by atoms with van der Waals surface area (Å²) in [6.07, 6.45) is 0. The molecular weight excluding hydrogens is 1770 g/mol. The Bertz CT molecular complexity index is 9090. The maximum atomic E-state index is 6.69. The Labute approximate surface area is 846 Å². The Morgan fingerprint density at radius 2 is 0.329 bits per heavy atom. The number of benzene rings is 26. The summed E-state index contributed by atoms with van der Waals surface area (Å²) in [5.74, 6) is 3.26. The highest BCUT2D eigenvalue weighted by Crippen LogP contribution is 2.59. The molecule has 3 aliphatic rings. The summed E-state index contributed by atoms with van der Waals surface area (Å²) in [7, 11) is 0. The molecule has 0 saturated heterocycles. The molecule has 29 rings (SSSR count). The normalized spacial score (nSPS) is 12.2. The van der Waals surface area contributed by atoms with Gasteiger partial charge < -0.3 is 38.9 Å². The van der Waals surface area contributed by atoms with Gasteiger partial charge in [-0.1, -0.05) is 358 Å². The van der Waals surface area contributed by atoms with Crippen LogP contribution in [-0.4, -0.2) is 0 Å². The molecule has 0 spiro atoms. The minimum absolute atomic E-state index is 0.805. The van der Waals surface area contributed by atoms with E-state index >= 15 is 0 Å². The van der Waals surface area contributed by atoms with Crippen LogP contribution in [0.1, 0.15) is 0 Å². The third-order valence-electron chi connectivity index (χ3n) is 28.9. The molecule has 26 aromatic rings. The van der Waals surface area contributed by atoms with Crippen molar-refractivity contribution in [3.63, 3.8) is 0 Å². The van der Waals surface area contributed by atoms with Crippen LogP contribution in [0.2, 0.25) is 0 Å². The summed E-state index contributed by atoms with van der Waals surface area (Å²) in [5, 5.41) is 22.6. The highest BCUT2D eigenvalue weighted by molar-refractivity contribution is 6.30. The molecule has 8 heteroatoms. The van der Waals surface area contributed by atoms with E-state index in [-0.39, 0.29) is 0 Å². The second-order valence-corrected chi connectivity index (χ2v) is 37.3. The molecule has 0 amide bonds. The third kappa shape index (κ3) is 15.2. The Kier molecular flexibility index (Phi) is 21.5. The third-order valence-corrected chi connectivity index (χ3v) is 28.9. The summed E-state index contributed by atoms with van der Waals surface area (Å²) in [5.41, 5.74) is 26.9. The van der Waals surface area contributed by atoms with Gasteiger partial charge in [0.2, 0.25) is 0 Å². The van der Waals surface area contributed by atoms with Crippen molar-refractivity contribution < 1.29 is 9.47 Å². The zero-order valence-corrected chi connectivity index (χ0v) is 79.6. The predicted octanol–water partition coefficient (Wildman–Crippen LogP) is 39.8. The van der Waals surface area contributed by atoms with Crippen LogP contribution in [-0.2, 0) is 0 Å². The van der Waals surface area contributed by atoms with Gasteiger partial charge in [-0.2, -0.15) is 0 Å². The number of hydrogen-bond acceptors (Lipinski definition) is 8. The van der Waals surface area contributed by atoms with Crippen molar-refractivity contribution in [2.45, 2.75) is 0 Å². The van der Waals surface area contributed by atoms with E-state index < -0.39 is 0 Å². The van der Waals surface area contributed by atoms with E-state index in [2.05, 4.69) is 575 Å². The first-order valence-electron chi connectivity index (χ1n) is 49.8. The van der Waals surface area contributed by atoms with Gasteiger partial charge in [0.1, 0.15) is 0 Å². The molecule has 0 bridgehead atoms. The summed E-state index contributed by atoms with van der Waals surface area (Å²) in [6.45, 7) is 0. The average molecular weight is 1870 g/mol. The van der Waals surface area contributed by atoms with Crippen LogP contribution in [0.5, 0.6) is 23.0 Å². The van der Waals surface area contributed by atoms with Crippen molar-refractivity contribution >= 4 is 199 Å². The molecule has 146 heavy (non-hydrogen) atoms. The fraction of sp³-hybridized carbons (Fsp3) is 0. The lowest BCUT2D eigenvalue weighted by molar-refractivity contribution is 0.477. The SMILES string of the molecule is c1ccc(-c2ccc3c(c2)c2ccccc2c2ccc(N4c5ccccc5Oc5cc(N(c6ccccc6)c6ccccc6)ccc54)cc23)cc1.c1ccc(-c2ccc3c4ccc(N5c6ccccc6N(c6ccccc6)c6ccccc65)cc4c4ccccc4c3c2)cc1.c1ccc(-c2ccc3c4ccccc4c4cc(N5c6ccccc6Oc6cc(N(c7ccccc7)c7ccccc7)ccc65)ccc4c3c2)cc1. The number of fused-ring (bicyclic) bond motifs is 24. The van der Waals surface area contributed by atoms with Gasteiger partial charge in [0.05, 0.1) is 45.5 Å². The van der Waals surface area contributed by atoms with Gasteiger partial charge in [-0.25, -0.2) is 0 Å². The molecular formula is C138H92N6O2. The summed E-state index contributed by atoms with van der Waals surface area (Å²) in [6, 6.07) is 200. The average Bonchev–Trinajstić information content (AvgIpc) is 0.727. The molecule has 3 aliphatic heterocycles. The molecule has 0 fully saturated rings. The fourth-order valence-corrected chi connectivity index (χ4v) is 22.3. The Hall–Kier alpha value is -19.5. The second-order valence-electron chi connectivity index (χ2n) is 37.3. The summed E-state index contributed by atoms with van der Waals surface area (Å²) < 4.78 is 13.4. The number of para-hydroxylation sites is 13. The smallest absolute Gasteiger partial charge is 0.153 e. The van der Waals surface area contributed by atoms with Gasteiger partial charge in [-0.15, -0.1) is 0 Å². The van der Waals surface area contributed by atoms with Gasteiger partial charge in [0.25, 0.3) is 0 Å². The van der Waals surface area contributed by atoms with E-state index in [0.717, 1.165) is 125 Å². The van der Waals surface area contributed by atoms with Crippen LogP contribution in [0.25, 0.3) is 130 Å².